The van der Waals surface area contributed by atoms with Gasteiger partial charge in [-0.15, -0.1) is 0 Å². The highest BCUT2D eigenvalue weighted by molar-refractivity contribution is 5.27. The van der Waals surface area contributed by atoms with Gasteiger partial charge >= 0.3 is 6.18 Å². The molecule has 0 heterocycles. The van der Waals surface area contributed by atoms with Crippen molar-refractivity contribution in [2.24, 2.45) is 0 Å². The number of hydrogen-bond acceptors (Lipinski definition) is 1. The standard InChI is InChI=1S/C20H27F3O/c1-5-12-18(20(21,22)23)14-11-16-24-19(6-2)15-10-8-7-9-13-17(3)4/h5,8-14,19H,1,3,6-7,15-16H2,2,4H3/b10-8-,13-9-,14-11-,18-12+. The van der Waals surface area contributed by atoms with Gasteiger partial charge in [-0.3, -0.25) is 0 Å². The molecule has 0 amide bonds. The monoisotopic (exact) mass is 340 g/mol. The van der Waals surface area contributed by atoms with Gasteiger partial charge < -0.3 is 4.74 Å². The highest BCUT2D eigenvalue weighted by Crippen LogP contribution is 2.26. The van der Waals surface area contributed by atoms with Crippen LogP contribution in [0.2, 0.25) is 0 Å². The van der Waals surface area contributed by atoms with E-state index in [-0.39, 0.29) is 12.7 Å². The van der Waals surface area contributed by atoms with Crippen LogP contribution in [0, 0.1) is 0 Å². The molecule has 134 valence electrons. The summed E-state index contributed by atoms with van der Waals surface area (Å²) in [7, 11) is 0. The fraction of sp³-hybridized carbons (Fsp3) is 0.400. The highest BCUT2D eigenvalue weighted by Gasteiger charge is 2.30. The molecule has 0 bridgehead atoms. The quantitative estimate of drug-likeness (QED) is 0.309. The van der Waals surface area contributed by atoms with Gasteiger partial charge in [0.2, 0.25) is 0 Å². The van der Waals surface area contributed by atoms with Crippen LogP contribution >= 0.6 is 0 Å². The number of alkyl halides is 3. The van der Waals surface area contributed by atoms with Gasteiger partial charge in [0, 0.05) is 0 Å². The molecule has 4 heteroatoms. The molecule has 0 saturated carbocycles. The van der Waals surface area contributed by atoms with Crippen LogP contribution in [0.15, 0.2) is 72.9 Å². The molecule has 24 heavy (non-hydrogen) atoms. The van der Waals surface area contributed by atoms with E-state index in [1.807, 2.05) is 38.2 Å². The maximum absolute atomic E-state index is 12.6. The van der Waals surface area contributed by atoms with Crippen molar-refractivity contribution in [3.8, 4) is 0 Å². The predicted molar refractivity (Wildman–Crippen MR) is 95.8 cm³/mol. The lowest BCUT2D eigenvalue weighted by Gasteiger charge is -2.12. The zero-order chi connectivity index (χ0) is 18.4. The van der Waals surface area contributed by atoms with Crippen LogP contribution in [0.5, 0.6) is 0 Å². The summed E-state index contributed by atoms with van der Waals surface area (Å²) in [6.07, 6.45) is 10.5. The molecule has 0 aromatic heterocycles. The maximum Gasteiger partial charge on any atom is 0.416 e. The van der Waals surface area contributed by atoms with E-state index < -0.39 is 11.7 Å². The van der Waals surface area contributed by atoms with Crippen molar-refractivity contribution in [2.75, 3.05) is 6.61 Å². The summed E-state index contributed by atoms with van der Waals surface area (Å²) < 4.78 is 43.5. The van der Waals surface area contributed by atoms with Crippen LogP contribution in [0.25, 0.3) is 0 Å². The minimum absolute atomic E-state index is 0.00580. The lowest BCUT2D eigenvalue weighted by atomic mass is 10.1. The Hall–Kier alpha value is -1.81. The molecule has 0 N–H and O–H groups in total. The van der Waals surface area contributed by atoms with Crippen LogP contribution < -0.4 is 0 Å². The van der Waals surface area contributed by atoms with Crippen molar-refractivity contribution >= 4 is 0 Å². The van der Waals surface area contributed by atoms with Crippen LogP contribution in [0.4, 0.5) is 13.2 Å². The van der Waals surface area contributed by atoms with E-state index in [1.54, 1.807) is 0 Å². The Balaban J connectivity index is 4.28. The Morgan fingerprint density at radius 1 is 1.12 bits per heavy atom. The second kappa shape index (κ2) is 12.6. The van der Waals surface area contributed by atoms with E-state index in [0.29, 0.717) is 0 Å². The first-order chi connectivity index (χ1) is 11.3. The Morgan fingerprint density at radius 3 is 2.38 bits per heavy atom. The summed E-state index contributed by atoms with van der Waals surface area (Å²) in [5, 5.41) is 0. The molecule has 0 aromatic rings. The van der Waals surface area contributed by atoms with Crippen molar-refractivity contribution in [3.63, 3.8) is 0 Å². The van der Waals surface area contributed by atoms with E-state index in [1.165, 1.54) is 6.08 Å². The van der Waals surface area contributed by atoms with Gasteiger partial charge in [0.1, 0.15) is 0 Å². The number of rotatable bonds is 11. The Labute approximate surface area is 143 Å². The topological polar surface area (TPSA) is 9.23 Å². The Morgan fingerprint density at radius 2 is 1.83 bits per heavy atom. The van der Waals surface area contributed by atoms with Gasteiger partial charge in [0.25, 0.3) is 0 Å². The third-order valence-corrected chi connectivity index (χ3v) is 3.05. The van der Waals surface area contributed by atoms with E-state index in [4.69, 9.17) is 4.74 Å². The second-order valence-electron chi connectivity index (χ2n) is 5.31. The van der Waals surface area contributed by atoms with Gasteiger partial charge in [-0.05, 0) is 26.2 Å². The van der Waals surface area contributed by atoms with Crippen molar-refractivity contribution in [1.82, 2.24) is 0 Å². The summed E-state index contributed by atoms with van der Waals surface area (Å²) in [6.45, 7) is 11.1. The molecular weight excluding hydrogens is 313 g/mol. The zero-order valence-electron chi connectivity index (χ0n) is 14.5. The van der Waals surface area contributed by atoms with Crippen molar-refractivity contribution in [3.05, 3.63) is 72.9 Å². The molecule has 0 aliphatic heterocycles. The summed E-state index contributed by atoms with van der Waals surface area (Å²) in [4.78, 5) is 0. The zero-order valence-corrected chi connectivity index (χ0v) is 14.5. The van der Waals surface area contributed by atoms with Crippen LogP contribution in [0.3, 0.4) is 0 Å². The van der Waals surface area contributed by atoms with E-state index in [9.17, 15) is 13.2 Å². The first-order valence-electron chi connectivity index (χ1n) is 7.96. The van der Waals surface area contributed by atoms with Gasteiger partial charge in [0.05, 0.1) is 18.3 Å². The smallest absolute Gasteiger partial charge is 0.374 e. The highest BCUT2D eigenvalue weighted by atomic mass is 19.4. The number of hydrogen-bond donors (Lipinski definition) is 0. The molecule has 0 aliphatic rings. The fourth-order valence-electron chi connectivity index (χ4n) is 1.78. The normalized spacial score (nSPS) is 14.8. The summed E-state index contributed by atoms with van der Waals surface area (Å²) >= 11 is 0. The first-order valence-corrected chi connectivity index (χ1v) is 7.96. The molecule has 0 radical (unpaired) electrons. The minimum Gasteiger partial charge on any atom is -0.374 e. The van der Waals surface area contributed by atoms with E-state index in [2.05, 4.69) is 13.2 Å². The van der Waals surface area contributed by atoms with Crippen LogP contribution in [0.1, 0.15) is 33.1 Å². The summed E-state index contributed by atoms with van der Waals surface area (Å²) in [5.41, 5.74) is 0.270. The number of ether oxygens (including phenoxy) is 1. The van der Waals surface area contributed by atoms with Crippen LogP contribution in [-0.2, 0) is 4.74 Å². The van der Waals surface area contributed by atoms with Crippen molar-refractivity contribution in [2.45, 2.75) is 45.4 Å². The number of allylic oxidation sites excluding steroid dienone is 8. The molecule has 0 spiro atoms. The third-order valence-electron chi connectivity index (χ3n) is 3.05. The average molecular weight is 340 g/mol. The SMILES string of the molecule is C=C/C=C(\C=C/COC(CC)C/C=C\C/C=C\C(=C)C)C(F)(F)F. The lowest BCUT2D eigenvalue weighted by Crippen LogP contribution is -2.12. The lowest BCUT2D eigenvalue weighted by molar-refractivity contribution is -0.0882. The molecule has 1 unspecified atom stereocenters. The average Bonchev–Trinajstić information content (AvgIpc) is 2.50. The molecule has 0 saturated heterocycles. The number of halogens is 3. The van der Waals surface area contributed by atoms with Crippen molar-refractivity contribution in [1.29, 1.82) is 0 Å². The minimum atomic E-state index is -4.38. The molecule has 0 aliphatic carbocycles. The van der Waals surface area contributed by atoms with Crippen molar-refractivity contribution < 1.29 is 17.9 Å². The molecular formula is C20H27F3O. The van der Waals surface area contributed by atoms with Gasteiger partial charge in [-0.1, -0.05) is 74.3 Å². The summed E-state index contributed by atoms with van der Waals surface area (Å²) in [6, 6.07) is 0. The summed E-state index contributed by atoms with van der Waals surface area (Å²) in [5.74, 6) is 0. The Bertz CT molecular complexity index is 494. The third kappa shape index (κ3) is 11.7. The maximum atomic E-state index is 12.6. The van der Waals surface area contributed by atoms with Crippen LogP contribution in [-0.4, -0.2) is 18.9 Å². The molecule has 0 fully saturated rings. The molecule has 0 rings (SSSR count). The largest absolute Gasteiger partial charge is 0.416 e. The van der Waals surface area contributed by atoms with Gasteiger partial charge in [0.15, 0.2) is 0 Å². The molecule has 0 aromatic carbocycles. The van der Waals surface area contributed by atoms with E-state index >= 15 is 0 Å². The van der Waals surface area contributed by atoms with Gasteiger partial charge in [-0.2, -0.15) is 13.2 Å². The Kier molecular flexibility index (Phi) is 11.6. The van der Waals surface area contributed by atoms with Gasteiger partial charge in [-0.25, -0.2) is 0 Å². The first kappa shape index (κ1) is 22.2. The second-order valence-corrected chi connectivity index (χ2v) is 5.31. The fourth-order valence-corrected chi connectivity index (χ4v) is 1.78. The molecule has 1 nitrogen and oxygen atoms in total. The molecule has 1 atom stereocenters. The van der Waals surface area contributed by atoms with E-state index in [0.717, 1.165) is 43.1 Å². The predicted octanol–water partition coefficient (Wildman–Crippen LogP) is 6.48.